The van der Waals surface area contributed by atoms with Crippen LogP contribution in [0, 0.1) is 11.8 Å². The summed E-state index contributed by atoms with van der Waals surface area (Å²) in [5.41, 5.74) is 6.46. The number of aromatic nitrogens is 2. The Morgan fingerprint density at radius 2 is 2.19 bits per heavy atom. The van der Waals surface area contributed by atoms with Crippen LogP contribution < -0.4 is 10.3 Å². The van der Waals surface area contributed by atoms with Crippen molar-refractivity contribution in [1.82, 2.24) is 9.30 Å². The number of aliphatic carboxylic acids is 1. The molecule has 0 spiro atoms. The maximum Gasteiger partial charge on any atom is 0.352 e. The van der Waals surface area contributed by atoms with E-state index in [1.54, 1.807) is 25.8 Å². The molecule has 168 valence electrons. The number of thiazole rings is 1. The SMILES string of the molecule is CO[C@H](CN)C[n+]1cn2cc(C3=C(C(=O)O)N4C(=O)[C@H]([C@@H](C)O)[C@H]4[C@H]3C)sc2c1SC. The maximum absolute atomic E-state index is 12.6. The highest BCUT2D eigenvalue weighted by molar-refractivity contribution is 7.98. The Kier molecular flexibility index (Phi) is 5.90. The van der Waals surface area contributed by atoms with Crippen molar-refractivity contribution in [1.29, 1.82) is 0 Å². The van der Waals surface area contributed by atoms with E-state index in [0.29, 0.717) is 18.7 Å². The number of fused-ring (bicyclic) bond motifs is 2. The second-order valence-electron chi connectivity index (χ2n) is 8.00. The van der Waals surface area contributed by atoms with Crippen molar-refractivity contribution in [2.75, 3.05) is 19.9 Å². The van der Waals surface area contributed by atoms with Gasteiger partial charge in [0, 0.05) is 25.1 Å². The van der Waals surface area contributed by atoms with Crippen LogP contribution in [-0.4, -0.2) is 69.6 Å². The number of rotatable bonds is 8. The molecule has 2 aromatic rings. The number of carboxylic acid groups (broad SMARTS) is 1. The monoisotopic (exact) mass is 467 g/mol. The molecule has 4 N–H and O–H groups in total. The smallest absolute Gasteiger partial charge is 0.352 e. The Bertz CT molecular complexity index is 1070. The topological polar surface area (TPSA) is 121 Å². The molecule has 0 aromatic carbocycles. The number of carbonyl (C=O) groups is 2. The Hall–Kier alpha value is -1.92. The first-order valence-corrected chi connectivity index (χ1v) is 12.1. The summed E-state index contributed by atoms with van der Waals surface area (Å²) in [4.78, 5) is 27.9. The number of hydrogen-bond acceptors (Lipinski definition) is 7. The summed E-state index contributed by atoms with van der Waals surface area (Å²) < 4.78 is 9.49. The lowest BCUT2D eigenvalue weighted by Crippen LogP contribution is -2.63. The minimum Gasteiger partial charge on any atom is -0.477 e. The molecule has 0 aliphatic carbocycles. The number of nitrogens with zero attached hydrogens (tertiary/aromatic N) is 3. The third kappa shape index (κ3) is 3.30. The van der Waals surface area contributed by atoms with Gasteiger partial charge in [-0.2, -0.15) is 4.40 Å². The molecule has 0 radical (unpaired) electrons. The highest BCUT2D eigenvalue weighted by Crippen LogP contribution is 2.51. The summed E-state index contributed by atoms with van der Waals surface area (Å²) in [5, 5.41) is 21.0. The lowest BCUT2D eigenvalue weighted by molar-refractivity contribution is -0.735. The molecule has 1 fully saturated rings. The van der Waals surface area contributed by atoms with Gasteiger partial charge in [-0.25, -0.2) is 9.36 Å². The van der Waals surface area contributed by atoms with Crippen LogP contribution in [0.15, 0.2) is 23.2 Å². The van der Waals surface area contributed by atoms with Gasteiger partial charge in [-0.3, -0.25) is 4.79 Å². The number of ether oxygens (including phenoxy) is 1. The zero-order valence-corrected chi connectivity index (χ0v) is 19.4. The number of methoxy groups -OCH3 is 1. The normalized spacial score (nSPS) is 25.2. The summed E-state index contributed by atoms with van der Waals surface area (Å²) in [5.74, 6) is -2.20. The molecule has 4 heterocycles. The van der Waals surface area contributed by atoms with Gasteiger partial charge < -0.3 is 25.6 Å². The number of hydrogen-bond donors (Lipinski definition) is 3. The molecule has 1 amide bonds. The molecule has 9 nitrogen and oxygen atoms in total. The van der Waals surface area contributed by atoms with Gasteiger partial charge in [0.05, 0.1) is 22.9 Å². The van der Waals surface area contributed by atoms with Crippen molar-refractivity contribution in [3.05, 3.63) is 23.1 Å². The predicted octanol–water partition coefficient (Wildman–Crippen LogP) is 0.637. The van der Waals surface area contributed by atoms with Crippen LogP contribution in [0.25, 0.3) is 10.4 Å². The second-order valence-corrected chi connectivity index (χ2v) is 9.83. The number of nitrogens with two attached hydrogens (primary N) is 1. The van der Waals surface area contributed by atoms with Crippen LogP contribution in [0.2, 0.25) is 0 Å². The fourth-order valence-electron chi connectivity index (χ4n) is 4.75. The zero-order valence-electron chi connectivity index (χ0n) is 17.8. The van der Waals surface area contributed by atoms with Crippen molar-refractivity contribution in [3.8, 4) is 0 Å². The number of β-lactam (4-membered cyclic amide) rings is 1. The first-order valence-electron chi connectivity index (χ1n) is 10.0. The minimum absolute atomic E-state index is 0.0325. The zero-order chi connectivity index (χ0) is 22.6. The van der Waals surface area contributed by atoms with E-state index >= 15 is 0 Å². The quantitative estimate of drug-likeness (QED) is 0.296. The number of carbonyl (C=O) groups excluding carboxylic acids is 1. The minimum atomic E-state index is -1.12. The summed E-state index contributed by atoms with van der Waals surface area (Å²) >= 11 is 3.11. The maximum atomic E-state index is 12.6. The number of imidazole rings is 1. The van der Waals surface area contributed by atoms with Crippen LogP contribution in [0.1, 0.15) is 18.7 Å². The molecule has 4 rings (SSSR count). The lowest BCUT2D eigenvalue weighted by Gasteiger charge is -2.46. The molecule has 11 heteroatoms. The molecule has 5 atom stereocenters. The predicted molar refractivity (Wildman–Crippen MR) is 117 cm³/mol. The summed E-state index contributed by atoms with van der Waals surface area (Å²) in [6.07, 6.45) is 4.96. The van der Waals surface area contributed by atoms with Gasteiger partial charge in [0.15, 0.2) is 0 Å². The van der Waals surface area contributed by atoms with Crippen molar-refractivity contribution < 1.29 is 29.1 Å². The van der Waals surface area contributed by atoms with E-state index in [0.717, 1.165) is 14.7 Å². The molecular formula is C20H27N4O5S2+. The first-order chi connectivity index (χ1) is 14.7. The molecule has 1 saturated heterocycles. The number of aliphatic hydroxyl groups is 1. The van der Waals surface area contributed by atoms with Gasteiger partial charge in [0.25, 0.3) is 6.33 Å². The van der Waals surface area contributed by atoms with Crippen molar-refractivity contribution in [2.45, 2.75) is 43.7 Å². The number of amides is 1. The number of carboxylic acids is 1. The van der Waals surface area contributed by atoms with Gasteiger partial charge in [0.2, 0.25) is 15.8 Å². The molecule has 0 saturated carbocycles. The van der Waals surface area contributed by atoms with Crippen molar-refractivity contribution >= 4 is 45.4 Å². The second kappa shape index (κ2) is 8.21. The highest BCUT2D eigenvalue weighted by atomic mass is 32.2. The van der Waals surface area contributed by atoms with E-state index in [1.165, 1.54) is 16.2 Å². The molecule has 2 aromatic heterocycles. The van der Waals surface area contributed by atoms with Gasteiger partial charge in [-0.1, -0.05) is 30.0 Å². The third-order valence-electron chi connectivity index (χ3n) is 6.24. The molecule has 2 aliphatic rings. The van der Waals surface area contributed by atoms with E-state index in [-0.39, 0.29) is 29.7 Å². The van der Waals surface area contributed by atoms with Crippen LogP contribution in [0.3, 0.4) is 0 Å². The molecule has 2 aliphatic heterocycles. The van der Waals surface area contributed by atoms with Crippen LogP contribution in [0.4, 0.5) is 0 Å². The highest BCUT2D eigenvalue weighted by Gasteiger charge is 2.60. The Labute approximate surface area is 188 Å². The van der Waals surface area contributed by atoms with Gasteiger partial charge in [-0.15, -0.1) is 0 Å². The number of thioether (sulfide) groups is 1. The summed E-state index contributed by atoms with van der Waals surface area (Å²) in [6.45, 7) is 4.54. The average molecular weight is 468 g/mol. The van der Waals surface area contributed by atoms with Gasteiger partial charge in [0.1, 0.15) is 24.5 Å². The molecule has 0 unspecified atom stereocenters. The van der Waals surface area contributed by atoms with E-state index in [9.17, 15) is 19.8 Å². The lowest BCUT2D eigenvalue weighted by atomic mass is 9.77. The van der Waals surface area contributed by atoms with Gasteiger partial charge >= 0.3 is 5.97 Å². The average Bonchev–Trinajstić information content (AvgIpc) is 3.32. The van der Waals surface area contributed by atoms with Crippen LogP contribution in [0.5, 0.6) is 0 Å². The number of aliphatic hydroxyl groups excluding tert-OH is 1. The largest absolute Gasteiger partial charge is 0.477 e. The Morgan fingerprint density at radius 3 is 2.74 bits per heavy atom. The fraction of sp³-hybridized carbons (Fsp3) is 0.550. The molecule has 31 heavy (non-hydrogen) atoms. The van der Waals surface area contributed by atoms with Crippen LogP contribution >= 0.6 is 23.1 Å². The van der Waals surface area contributed by atoms with E-state index in [4.69, 9.17) is 10.5 Å². The molecule has 0 bridgehead atoms. The summed E-state index contributed by atoms with van der Waals surface area (Å²) in [7, 11) is 1.64. The standard InChI is InChI=1S/C20H26N4O5S2/c1-9-13(16(20(27)28)24-15(9)14(10(2)25)17(24)26)12-7-23-8-22(6-11(5-21)29-3)18(30-4)19(23)31-12/h7-11,14-15,25H,5-6,21H2,1-4H3/p+1/t9-,10+,11+,14+,15+/m0/s1. The van der Waals surface area contributed by atoms with Gasteiger partial charge in [-0.05, 0) is 13.2 Å². The van der Waals surface area contributed by atoms with Crippen molar-refractivity contribution in [3.63, 3.8) is 0 Å². The van der Waals surface area contributed by atoms with E-state index in [1.807, 2.05) is 30.1 Å². The van der Waals surface area contributed by atoms with E-state index < -0.39 is 18.0 Å². The fourth-order valence-corrected chi connectivity index (χ4v) is 6.94. The third-order valence-corrected chi connectivity index (χ3v) is 8.32. The first kappa shape index (κ1) is 22.3. The van der Waals surface area contributed by atoms with Crippen LogP contribution in [-0.2, 0) is 20.9 Å². The van der Waals surface area contributed by atoms with Crippen molar-refractivity contribution in [2.24, 2.45) is 17.6 Å². The Morgan fingerprint density at radius 1 is 1.48 bits per heavy atom. The van der Waals surface area contributed by atoms with E-state index in [2.05, 4.69) is 4.57 Å². The summed E-state index contributed by atoms with van der Waals surface area (Å²) in [6, 6.07) is -0.327. The molecular weight excluding hydrogens is 440 g/mol. The Balaban J connectivity index is 1.77.